The molecule has 0 fully saturated rings. The van der Waals surface area contributed by atoms with Crippen molar-refractivity contribution < 1.29 is 9.59 Å². The van der Waals surface area contributed by atoms with Gasteiger partial charge in [0.1, 0.15) is 0 Å². The van der Waals surface area contributed by atoms with E-state index in [2.05, 4.69) is 11.8 Å². The fourth-order valence-electron chi connectivity index (χ4n) is 1.59. The molecular formula is C16H8Cl2O2. The molecule has 0 amide bonds. The molecule has 0 aliphatic heterocycles. The first-order valence-electron chi connectivity index (χ1n) is 5.68. The summed E-state index contributed by atoms with van der Waals surface area (Å²) in [5.41, 5.74) is 2.05. The van der Waals surface area contributed by atoms with Gasteiger partial charge in [-0.25, -0.2) is 0 Å². The van der Waals surface area contributed by atoms with Gasteiger partial charge in [0.15, 0.2) is 0 Å². The zero-order chi connectivity index (χ0) is 14.5. The van der Waals surface area contributed by atoms with E-state index < -0.39 is 10.5 Å². The van der Waals surface area contributed by atoms with Crippen LogP contribution in [0.4, 0.5) is 0 Å². The number of carbonyl (C=O) groups excluding carboxylic acids is 2. The summed E-state index contributed by atoms with van der Waals surface area (Å²) in [6, 6.07) is 13.4. The lowest BCUT2D eigenvalue weighted by Crippen LogP contribution is -1.93. The molecule has 0 radical (unpaired) electrons. The van der Waals surface area contributed by atoms with E-state index in [0.29, 0.717) is 22.3 Å². The van der Waals surface area contributed by atoms with Crippen molar-refractivity contribution in [2.75, 3.05) is 0 Å². The van der Waals surface area contributed by atoms with Crippen LogP contribution in [-0.4, -0.2) is 10.5 Å². The van der Waals surface area contributed by atoms with E-state index in [1.807, 2.05) is 0 Å². The van der Waals surface area contributed by atoms with Gasteiger partial charge in [0.25, 0.3) is 10.5 Å². The molecule has 0 spiro atoms. The summed E-state index contributed by atoms with van der Waals surface area (Å²) >= 11 is 10.8. The van der Waals surface area contributed by atoms with E-state index in [-0.39, 0.29) is 0 Å². The van der Waals surface area contributed by atoms with Crippen LogP contribution in [0, 0.1) is 11.8 Å². The van der Waals surface area contributed by atoms with Crippen LogP contribution in [0.5, 0.6) is 0 Å². The van der Waals surface area contributed by atoms with E-state index in [9.17, 15) is 9.59 Å². The van der Waals surface area contributed by atoms with Gasteiger partial charge in [0.2, 0.25) is 0 Å². The molecule has 0 aliphatic carbocycles. The lowest BCUT2D eigenvalue weighted by Gasteiger charge is -1.97. The first-order chi connectivity index (χ1) is 9.58. The third-order valence-electron chi connectivity index (χ3n) is 2.59. The van der Waals surface area contributed by atoms with Crippen LogP contribution in [0.1, 0.15) is 31.8 Å². The Kier molecular flexibility index (Phi) is 4.57. The van der Waals surface area contributed by atoms with Crippen molar-refractivity contribution in [2.24, 2.45) is 0 Å². The van der Waals surface area contributed by atoms with Gasteiger partial charge in [-0.1, -0.05) is 24.0 Å². The van der Waals surface area contributed by atoms with E-state index in [4.69, 9.17) is 23.2 Å². The van der Waals surface area contributed by atoms with E-state index in [0.717, 1.165) is 0 Å². The molecule has 2 rings (SSSR count). The Bertz CT molecular complexity index is 722. The maximum absolute atomic E-state index is 11.2. The minimum absolute atomic E-state index is 0.370. The van der Waals surface area contributed by atoms with E-state index >= 15 is 0 Å². The topological polar surface area (TPSA) is 34.1 Å². The zero-order valence-electron chi connectivity index (χ0n) is 10.2. The summed E-state index contributed by atoms with van der Waals surface area (Å²) in [4.78, 5) is 22.2. The van der Waals surface area contributed by atoms with Crippen LogP contribution in [0.25, 0.3) is 0 Å². The van der Waals surface area contributed by atoms with Gasteiger partial charge in [-0.05, 0) is 59.6 Å². The zero-order valence-corrected chi connectivity index (χ0v) is 11.7. The minimum atomic E-state index is -0.544. The molecule has 2 nitrogen and oxygen atoms in total. The van der Waals surface area contributed by atoms with Gasteiger partial charge in [-0.3, -0.25) is 9.59 Å². The van der Waals surface area contributed by atoms with Gasteiger partial charge in [0.05, 0.1) is 0 Å². The smallest absolute Gasteiger partial charge is 0.253 e. The average molecular weight is 303 g/mol. The van der Waals surface area contributed by atoms with Crippen LogP contribution in [0.2, 0.25) is 0 Å². The summed E-state index contributed by atoms with van der Waals surface area (Å²) in [7, 11) is 0. The highest BCUT2D eigenvalue weighted by Gasteiger charge is 2.05. The van der Waals surface area contributed by atoms with E-state index in [1.54, 1.807) is 48.5 Å². The quantitative estimate of drug-likeness (QED) is 0.624. The molecule has 0 aromatic heterocycles. The molecular weight excluding hydrogens is 295 g/mol. The number of hydrogen-bond acceptors (Lipinski definition) is 2. The molecule has 0 saturated heterocycles. The van der Waals surface area contributed by atoms with Gasteiger partial charge in [-0.15, -0.1) is 0 Å². The molecule has 4 heteroatoms. The van der Waals surface area contributed by atoms with Crippen LogP contribution in [0.3, 0.4) is 0 Å². The summed E-state index contributed by atoms with van der Waals surface area (Å²) in [5.74, 6) is 5.79. The van der Waals surface area contributed by atoms with Crippen molar-refractivity contribution in [3.05, 3.63) is 70.8 Å². The Morgan fingerprint density at radius 2 is 1.45 bits per heavy atom. The van der Waals surface area contributed by atoms with Crippen LogP contribution >= 0.6 is 23.2 Å². The highest BCUT2D eigenvalue weighted by atomic mass is 35.5. The highest BCUT2D eigenvalue weighted by Crippen LogP contribution is 2.11. The maximum atomic E-state index is 11.2. The Labute approximate surface area is 126 Å². The first kappa shape index (κ1) is 14.3. The van der Waals surface area contributed by atoms with Crippen molar-refractivity contribution in [1.82, 2.24) is 0 Å². The van der Waals surface area contributed by atoms with Crippen molar-refractivity contribution >= 4 is 33.7 Å². The molecule has 2 aromatic rings. The third-order valence-corrected chi connectivity index (χ3v) is 3.01. The summed E-state index contributed by atoms with van der Waals surface area (Å²) in [5, 5.41) is -1.06. The van der Waals surface area contributed by atoms with Gasteiger partial charge >= 0.3 is 0 Å². The molecule has 0 bridgehead atoms. The van der Waals surface area contributed by atoms with Crippen molar-refractivity contribution in [1.29, 1.82) is 0 Å². The lowest BCUT2D eigenvalue weighted by molar-refractivity contribution is 0.107. The third kappa shape index (κ3) is 3.48. The molecule has 2 aromatic carbocycles. The summed E-state index contributed by atoms with van der Waals surface area (Å²) in [6.07, 6.45) is 0. The second kappa shape index (κ2) is 6.38. The molecule has 0 heterocycles. The number of halogens is 2. The maximum Gasteiger partial charge on any atom is 0.253 e. The molecule has 98 valence electrons. The van der Waals surface area contributed by atoms with Crippen molar-refractivity contribution in [2.45, 2.75) is 0 Å². The second-order valence-electron chi connectivity index (χ2n) is 3.92. The van der Waals surface area contributed by atoms with Crippen LogP contribution in [-0.2, 0) is 0 Å². The minimum Gasteiger partial charge on any atom is -0.276 e. The van der Waals surface area contributed by atoms with Gasteiger partial charge < -0.3 is 0 Å². The lowest BCUT2D eigenvalue weighted by atomic mass is 10.1. The molecule has 20 heavy (non-hydrogen) atoms. The fourth-order valence-corrected chi connectivity index (χ4v) is 1.88. The summed E-state index contributed by atoms with van der Waals surface area (Å²) in [6.45, 7) is 0. The molecule has 0 atom stereocenters. The summed E-state index contributed by atoms with van der Waals surface area (Å²) < 4.78 is 0. The largest absolute Gasteiger partial charge is 0.276 e. The SMILES string of the molecule is O=C(Cl)c1ccc(C#Cc2ccccc2C(=O)Cl)cc1. The van der Waals surface area contributed by atoms with Gasteiger partial charge in [0, 0.05) is 22.3 Å². The van der Waals surface area contributed by atoms with Crippen molar-refractivity contribution in [3.8, 4) is 11.8 Å². The monoisotopic (exact) mass is 302 g/mol. The normalized spacial score (nSPS) is 9.50. The molecule has 0 saturated carbocycles. The molecule has 0 unspecified atom stereocenters. The Morgan fingerprint density at radius 1 is 0.800 bits per heavy atom. The second-order valence-corrected chi connectivity index (χ2v) is 4.61. The van der Waals surface area contributed by atoms with Crippen molar-refractivity contribution in [3.63, 3.8) is 0 Å². The number of carbonyl (C=O) groups is 2. The number of hydrogen-bond donors (Lipinski definition) is 0. The Morgan fingerprint density at radius 3 is 2.05 bits per heavy atom. The Hall–Kier alpha value is -2.08. The fraction of sp³-hybridized carbons (Fsp3) is 0. The van der Waals surface area contributed by atoms with Crippen LogP contribution in [0.15, 0.2) is 48.5 Å². The number of rotatable bonds is 2. The average Bonchev–Trinajstić information content (AvgIpc) is 2.45. The predicted octanol–water partition coefficient (Wildman–Crippen LogP) is 3.84. The first-order valence-corrected chi connectivity index (χ1v) is 6.44. The Balaban J connectivity index is 2.31. The molecule has 0 N–H and O–H groups in total. The van der Waals surface area contributed by atoms with Crippen LogP contribution < -0.4 is 0 Å². The highest BCUT2D eigenvalue weighted by molar-refractivity contribution is 6.68. The molecule has 0 aliphatic rings. The standard InChI is InChI=1S/C16H8Cl2O2/c17-15(19)13-9-6-11(7-10-13)5-8-12-3-1-2-4-14(12)16(18)20/h1-4,6-7,9-10H. The van der Waals surface area contributed by atoms with Gasteiger partial charge in [-0.2, -0.15) is 0 Å². The predicted molar refractivity (Wildman–Crippen MR) is 79.2 cm³/mol. The van der Waals surface area contributed by atoms with E-state index in [1.165, 1.54) is 0 Å². The number of benzene rings is 2.